The Balaban J connectivity index is 2.90. The molecule has 0 aliphatic heterocycles. The van der Waals surface area contributed by atoms with Gasteiger partial charge in [-0.15, -0.1) is 0 Å². The second kappa shape index (κ2) is 3.66. The number of pyridine rings is 1. The zero-order valence-corrected chi connectivity index (χ0v) is 8.52. The van der Waals surface area contributed by atoms with Crippen molar-refractivity contribution in [1.29, 1.82) is 0 Å². The van der Waals surface area contributed by atoms with Gasteiger partial charge in [0.2, 0.25) is 0 Å². The second-order valence-corrected chi connectivity index (χ2v) is 3.44. The average Bonchev–Trinajstić information content (AvgIpc) is 2.27. The summed E-state index contributed by atoms with van der Waals surface area (Å²) in [5.41, 5.74) is 6.13. The SMILES string of the molecule is CCc1cc(N)c2cc(F)c(F)c(F)c2n1. The smallest absolute Gasteiger partial charge is 0.196 e. The van der Waals surface area contributed by atoms with Gasteiger partial charge in [0.25, 0.3) is 0 Å². The number of benzene rings is 1. The highest BCUT2D eigenvalue weighted by Gasteiger charge is 2.16. The van der Waals surface area contributed by atoms with Crippen LogP contribution >= 0.6 is 0 Å². The maximum atomic E-state index is 13.4. The van der Waals surface area contributed by atoms with Crippen molar-refractivity contribution in [3.8, 4) is 0 Å². The van der Waals surface area contributed by atoms with Crippen LogP contribution in [0.4, 0.5) is 18.9 Å². The Kier molecular flexibility index (Phi) is 2.46. The van der Waals surface area contributed by atoms with Crippen molar-refractivity contribution in [2.75, 3.05) is 5.73 Å². The number of halogens is 3. The number of aryl methyl sites for hydroxylation is 1. The number of nitrogen functional groups attached to an aromatic ring is 1. The van der Waals surface area contributed by atoms with Crippen LogP contribution in [0.2, 0.25) is 0 Å². The molecule has 1 aromatic heterocycles. The maximum Gasteiger partial charge on any atom is 0.196 e. The monoisotopic (exact) mass is 226 g/mol. The number of hydrogen-bond donors (Lipinski definition) is 1. The Morgan fingerprint density at radius 3 is 2.50 bits per heavy atom. The van der Waals surface area contributed by atoms with Crippen molar-refractivity contribution in [2.45, 2.75) is 13.3 Å². The normalized spacial score (nSPS) is 11.0. The van der Waals surface area contributed by atoms with E-state index in [0.717, 1.165) is 6.07 Å². The van der Waals surface area contributed by atoms with Crippen molar-refractivity contribution in [1.82, 2.24) is 4.98 Å². The lowest BCUT2D eigenvalue weighted by Crippen LogP contribution is -2.00. The van der Waals surface area contributed by atoms with Gasteiger partial charge in [-0.3, -0.25) is 0 Å². The number of rotatable bonds is 1. The van der Waals surface area contributed by atoms with E-state index in [-0.39, 0.29) is 16.6 Å². The van der Waals surface area contributed by atoms with E-state index in [1.54, 1.807) is 0 Å². The lowest BCUT2D eigenvalue weighted by molar-refractivity contribution is 0.452. The predicted molar refractivity (Wildman–Crippen MR) is 55.4 cm³/mol. The first-order valence-electron chi connectivity index (χ1n) is 4.77. The van der Waals surface area contributed by atoms with Gasteiger partial charge in [0.1, 0.15) is 5.52 Å². The van der Waals surface area contributed by atoms with E-state index >= 15 is 0 Å². The molecular formula is C11H9F3N2. The predicted octanol–water partition coefficient (Wildman–Crippen LogP) is 2.80. The van der Waals surface area contributed by atoms with Crippen LogP contribution in [0.25, 0.3) is 10.9 Å². The Bertz CT molecular complexity index is 567. The van der Waals surface area contributed by atoms with E-state index in [0.29, 0.717) is 12.1 Å². The number of hydrogen-bond acceptors (Lipinski definition) is 2. The zero-order chi connectivity index (χ0) is 11.9. The van der Waals surface area contributed by atoms with Crippen LogP contribution in [-0.2, 0) is 6.42 Å². The molecule has 0 unspecified atom stereocenters. The lowest BCUT2D eigenvalue weighted by Gasteiger charge is -2.06. The van der Waals surface area contributed by atoms with Gasteiger partial charge >= 0.3 is 0 Å². The minimum Gasteiger partial charge on any atom is -0.398 e. The van der Waals surface area contributed by atoms with Crippen molar-refractivity contribution in [2.24, 2.45) is 0 Å². The third-order valence-corrected chi connectivity index (χ3v) is 2.39. The minimum absolute atomic E-state index is 0.0913. The highest BCUT2D eigenvalue weighted by Crippen LogP contribution is 2.26. The number of nitrogens with zero attached hydrogens (tertiary/aromatic N) is 1. The summed E-state index contributed by atoms with van der Waals surface area (Å²) < 4.78 is 39.4. The molecule has 0 bridgehead atoms. The molecule has 0 aliphatic carbocycles. The average molecular weight is 226 g/mol. The maximum absolute atomic E-state index is 13.4. The van der Waals surface area contributed by atoms with Crippen molar-refractivity contribution in [3.05, 3.63) is 35.3 Å². The molecule has 5 heteroatoms. The van der Waals surface area contributed by atoms with E-state index in [4.69, 9.17) is 5.73 Å². The van der Waals surface area contributed by atoms with Crippen LogP contribution in [0.1, 0.15) is 12.6 Å². The molecule has 2 N–H and O–H groups in total. The van der Waals surface area contributed by atoms with Gasteiger partial charge in [-0.05, 0) is 18.6 Å². The second-order valence-electron chi connectivity index (χ2n) is 3.44. The fraction of sp³-hybridized carbons (Fsp3) is 0.182. The minimum atomic E-state index is -1.52. The van der Waals surface area contributed by atoms with E-state index in [1.807, 2.05) is 6.92 Å². The van der Waals surface area contributed by atoms with Crippen LogP contribution in [0.3, 0.4) is 0 Å². The van der Waals surface area contributed by atoms with Gasteiger partial charge in [-0.1, -0.05) is 6.92 Å². The van der Waals surface area contributed by atoms with Crippen molar-refractivity contribution >= 4 is 16.6 Å². The quantitative estimate of drug-likeness (QED) is 0.759. The Morgan fingerprint density at radius 1 is 1.19 bits per heavy atom. The molecule has 0 atom stereocenters. The molecule has 2 aromatic rings. The zero-order valence-electron chi connectivity index (χ0n) is 8.52. The molecule has 0 fully saturated rings. The number of fused-ring (bicyclic) bond motifs is 1. The number of anilines is 1. The first kappa shape index (κ1) is 10.7. The first-order chi connectivity index (χ1) is 7.54. The third-order valence-electron chi connectivity index (χ3n) is 2.39. The Morgan fingerprint density at radius 2 is 1.88 bits per heavy atom. The molecule has 84 valence electrons. The van der Waals surface area contributed by atoms with Crippen LogP contribution in [0.15, 0.2) is 12.1 Å². The molecule has 0 saturated carbocycles. The largest absolute Gasteiger partial charge is 0.398 e. The lowest BCUT2D eigenvalue weighted by atomic mass is 10.1. The summed E-state index contributed by atoms with van der Waals surface area (Å²) in [6, 6.07) is 2.38. The third kappa shape index (κ3) is 1.48. The van der Waals surface area contributed by atoms with Crippen LogP contribution in [-0.4, -0.2) is 4.98 Å². The van der Waals surface area contributed by atoms with Gasteiger partial charge in [0.05, 0.1) is 0 Å². The van der Waals surface area contributed by atoms with Gasteiger partial charge in [0, 0.05) is 16.8 Å². The molecule has 0 aliphatic rings. The molecule has 2 rings (SSSR count). The van der Waals surface area contributed by atoms with Crippen LogP contribution < -0.4 is 5.73 Å². The van der Waals surface area contributed by atoms with Crippen molar-refractivity contribution in [3.63, 3.8) is 0 Å². The van der Waals surface area contributed by atoms with E-state index in [1.165, 1.54) is 6.07 Å². The fourth-order valence-corrected chi connectivity index (χ4v) is 1.53. The molecular weight excluding hydrogens is 217 g/mol. The molecule has 1 aromatic carbocycles. The standard InChI is InChI=1S/C11H9F3N2/c1-2-5-3-8(15)6-4-7(12)9(13)10(14)11(6)16-5/h3-4H,2H2,1H3,(H2,15,16). The summed E-state index contributed by atoms with van der Waals surface area (Å²) in [7, 11) is 0. The van der Waals surface area contributed by atoms with Crippen molar-refractivity contribution < 1.29 is 13.2 Å². The highest BCUT2D eigenvalue weighted by molar-refractivity contribution is 5.90. The van der Waals surface area contributed by atoms with E-state index in [9.17, 15) is 13.2 Å². The van der Waals surface area contributed by atoms with E-state index in [2.05, 4.69) is 4.98 Å². The molecule has 0 radical (unpaired) electrons. The fourth-order valence-electron chi connectivity index (χ4n) is 1.53. The summed E-state index contributed by atoms with van der Waals surface area (Å²) in [4.78, 5) is 3.89. The van der Waals surface area contributed by atoms with Crippen LogP contribution in [0, 0.1) is 17.5 Å². The summed E-state index contributed by atoms with van der Waals surface area (Å²) in [6.45, 7) is 1.81. The number of nitrogens with two attached hydrogens (primary N) is 1. The van der Waals surface area contributed by atoms with Crippen LogP contribution in [0.5, 0.6) is 0 Å². The highest BCUT2D eigenvalue weighted by atomic mass is 19.2. The molecule has 0 spiro atoms. The summed E-state index contributed by atoms with van der Waals surface area (Å²) in [6.07, 6.45) is 0.540. The molecule has 2 nitrogen and oxygen atoms in total. The van der Waals surface area contributed by atoms with Gasteiger partial charge < -0.3 is 5.73 Å². The van der Waals surface area contributed by atoms with E-state index < -0.39 is 17.5 Å². The summed E-state index contributed by atoms with van der Waals surface area (Å²) in [5, 5.41) is 0.0913. The topological polar surface area (TPSA) is 38.9 Å². The van der Waals surface area contributed by atoms with Gasteiger partial charge in [-0.2, -0.15) is 0 Å². The molecule has 0 saturated heterocycles. The van der Waals surface area contributed by atoms with Gasteiger partial charge in [-0.25, -0.2) is 18.2 Å². The molecule has 16 heavy (non-hydrogen) atoms. The summed E-state index contributed by atoms with van der Waals surface area (Å²) >= 11 is 0. The molecule has 0 amide bonds. The molecule has 1 heterocycles. The first-order valence-corrected chi connectivity index (χ1v) is 4.77. The van der Waals surface area contributed by atoms with Gasteiger partial charge in [0.15, 0.2) is 17.5 Å². The number of aromatic nitrogens is 1. The summed E-state index contributed by atoms with van der Waals surface area (Å²) in [5.74, 6) is -4.08. The Hall–Kier alpha value is -1.78. The Labute approximate surface area is 89.9 Å².